The van der Waals surface area contributed by atoms with E-state index in [0.29, 0.717) is 17.5 Å². The second kappa shape index (κ2) is 17.7. The van der Waals surface area contributed by atoms with E-state index in [4.69, 9.17) is 15.0 Å². The van der Waals surface area contributed by atoms with Gasteiger partial charge in [-0.1, -0.05) is 42.5 Å². The molecule has 0 atom stereocenters. The number of nitrogens with zero attached hydrogens (tertiary/aromatic N) is 4. The summed E-state index contributed by atoms with van der Waals surface area (Å²) in [6.07, 6.45) is 0. The molecule has 12 rings (SSSR count). The van der Waals surface area contributed by atoms with Gasteiger partial charge in [0.2, 0.25) is 0 Å². The third kappa shape index (κ3) is 7.32. The molecular weight excluding hydrogens is 885 g/mol. The van der Waals surface area contributed by atoms with Crippen molar-refractivity contribution in [1.29, 1.82) is 0 Å². The van der Waals surface area contributed by atoms with Crippen molar-refractivity contribution in [3.8, 4) is 62.1 Å². The SMILES string of the molecule is c1ccc(-c2ccc3c4ccccc4n(-c4ccc(-c5ccc[c]([Ge]([c]6ccccc6)([c]6ccccc6)[c]6ccccc6)c5)cc4-c4nc(-c5ccccc5)nc(-c5ccccc5)n4)c3c2)cc1. The average Bonchev–Trinajstić information content (AvgIpc) is 3.76. The molecule has 10 aromatic carbocycles. The van der Waals surface area contributed by atoms with E-state index in [2.05, 4.69) is 235 Å². The van der Waals surface area contributed by atoms with Crippen molar-refractivity contribution in [3.63, 3.8) is 0 Å². The Bertz CT molecular complexity index is 3560. The van der Waals surface area contributed by atoms with Crippen molar-refractivity contribution in [2.75, 3.05) is 0 Å². The van der Waals surface area contributed by atoms with E-state index < -0.39 is 13.3 Å². The van der Waals surface area contributed by atoms with Crippen LogP contribution in [0.4, 0.5) is 0 Å². The van der Waals surface area contributed by atoms with Crippen LogP contribution in [-0.4, -0.2) is 32.8 Å². The van der Waals surface area contributed by atoms with Crippen LogP contribution < -0.4 is 17.6 Å². The molecule has 2 heterocycles. The normalized spacial score (nSPS) is 11.5. The van der Waals surface area contributed by atoms with E-state index in [1.165, 1.54) is 33.9 Å². The standard InChI is InChI=1S/C63H44GeN4/c1-7-22-45(23-8-1)50-38-40-56-55-36-19-20-37-58(55)68(60(56)44-50)59-41-39-49(43-57(59)63-66-61(46-24-9-2-10-25-46)65-62(67-63)47-26-11-3-12-27-47)48-28-21-35-54(42-48)64(51-29-13-4-14-30-51,52-31-15-5-16-32-52)53-33-17-6-18-34-53/h1-44H. The fourth-order valence-electron chi connectivity index (χ4n) is 10.1. The number of benzene rings is 10. The Hall–Kier alpha value is -8.45. The van der Waals surface area contributed by atoms with Crippen molar-refractivity contribution in [1.82, 2.24) is 19.5 Å². The van der Waals surface area contributed by atoms with Crippen molar-refractivity contribution < 1.29 is 0 Å². The van der Waals surface area contributed by atoms with E-state index in [1.807, 2.05) is 36.4 Å². The first-order valence-electron chi connectivity index (χ1n) is 23.1. The summed E-state index contributed by atoms with van der Waals surface area (Å²) in [6, 6.07) is 96.3. The van der Waals surface area contributed by atoms with Gasteiger partial charge in [-0.2, -0.15) is 0 Å². The molecule has 0 fully saturated rings. The molecule has 0 N–H and O–H groups in total. The van der Waals surface area contributed by atoms with Gasteiger partial charge in [0.05, 0.1) is 0 Å². The number of hydrogen-bond acceptors (Lipinski definition) is 3. The first-order valence-corrected chi connectivity index (χ1v) is 27.3. The van der Waals surface area contributed by atoms with Gasteiger partial charge in [0, 0.05) is 0 Å². The van der Waals surface area contributed by atoms with Gasteiger partial charge in [0.25, 0.3) is 0 Å². The van der Waals surface area contributed by atoms with E-state index in [9.17, 15) is 0 Å². The summed E-state index contributed by atoms with van der Waals surface area (Å²) >= 11 is -3.59. The number of fused-ring (bicyclic) bond motifs is 3. The zero-order chi connectivity index (χ0) is 45.3. The third-order valence-electron chi connectivity index (χ3n) is 13.2. The summed E-state index contributed by atoms with van der Waals surface area (Å²) in [6.45, 7) is 0. The van der Waals surface area contributed by atoms with Gasteiger partial charge in [-0.15, -0.1) is 0 Å². The van der Waals surface area contributed by atoms with Crippen LogP contribution in [0.3, 0.4) is 0 Å². The Kier molecular flexibility index (Phi) is 10.7. The third-order valence-corrected chi connectivity index (χ3v) is 23.2. The van der Waals surface area contributed by atoms with E-state index in [0.717, 1.165) is 50.1 Å². The van der Waals surface area contributed by atoms with Crippen molar-refractivity contribution in [3.05, 3.63) is 267 Å². The molecule has 0 saturated heterocycles. The minimum atomic E-state index is -3.59. The van der Waals surface area contributed by atoms with Crippen LogP contribution in [0.2, 0.25) is 0 Å². The van der Waals surface area contributed by atoms with Gasteiger partial charge < -0.3 is 0 Å². The molecule has 0 amide bonds. The topological polar surface area (TPSA) is 43.6 Å². The maximum absolute atomic E-state index is 5.38. The van der Waals surface area contributed by atoms with Crippen LogP contribution in [0.15, 0.2) is 267 Å². The minimum Gasteiger partial charge on any atom is -0.0617 e. The summed E-state index contributed by atoms with van der Waals surface area (Å²) in [5, 5.41) is 2.36. The van der Waals surface area contributed by atoms with Crippen molar-refractivity contribution in [2.45, 2.75) is 0 Å². The van der Waals surface area contributed by atoms with Gasteiger partial charge >= 0.3 is 359 Å². The van der Waals surface area contributed by atoms with Crippen LogP contribution in [0.25, 0.3) is 83.9 Å². The predicted molar refractivity (Wildman–Crippen MR) is 285 cm³/mol. The molecule has 0 spiro atoms. The van der Waals surface area contributed by atoms with E-state index in [1.54, 1.807) is 0 Å². The molecule has 0 saturated carbocycles. The summed E-state index contributed by atoms with van der Waals surface area (Å²) < 4.78 is 7.90. The summed E-state index contributed by atoms with van der Waals surface area (Å²) in [4.78, 5) is 15.9. The maximum atomic E-state index is 5.38. The van der Waals surface area contributed by atoms with E-state index in [-0.39, 0.29) is 0 Å². The number of hydrogen-bond donors (Lipinski definition) is 0. The largest absolute Gasteiger partial charge is 0.0617 e. The summed E-state index contributed by atoms with van der Waals surface area (Å²) in [5.41, 5.74) is 10.5. The van der Waals surface area contributed by atoms with Gasteiger partial charge in [-0.25, -0.2) is 0 Å². The molecule has 0 unspecified atom stereocenters. The van der Waals surface area contributed by atoms with Crippen LogP contribution in [-0.2, 0) is 0 Å². The molecule has 0 aliphatic heterocycles. The monoisotopic (exact) mass is 930 g/mol. The molecule has 0 radical (unpaired) electrons. The van der Waals surface area contributed by atoms with Crippen LogP contribution >= 0.6 is 0 Å². The van der Waals surface area contributed by atoms with Gasteiger partial charge in [0.15, 0.2) is 0 Å². The van der Waals surface area contributed by atoms with Gasteiger partial charge in [-0.3, -0.25) is 0 Å². The molecule has 4 nitrogen and oxygen atoms in total. The molecule has 0 aliphatic carbocycles. The van der Waals surface area contributed by atoms with Crippen LogP contribution in [0.5, 0.6) is 0 Å². The van der Waals surface area contributed by atoms with Crippen LogP contribution in [0, 0.1) is 0 Å². The Morgan fingerprint density at radius 2 is 0.676 bits per heavy atom. The van der Waals surface area contributed by atoms with Crippen molar-refractivity contribution in [2.24, 2.45) is 0 Å². The fourth-order valence-corrected chi connectivity index (χ4v) is 20.1. The zero-order valence-electron chi connectivity index (χ0n) is 37.2. The molecule has 320 valence electrons. The van der Waals surface area contributed by atoms with Crippen molar-refractivity contribution >= 4 is 52.7 Å². The number of rotatable bonds is 10. The molecule has 68 heavy (non-hydrogen) atoms. The Labute approximate surface area is 398 Å². The minimum absolute atomic E-state index is 0.598. The molecule has 12 aromatic rings. The summed E-state index contributed by atoms with van der Waals surface area (Å²) in [7, 11) is 0. The smallest absolute Gasteiger partial charge is 0.0544 e. The fraction of sp³-hybridized carbons (Fsp3) is 0. The molecule has 2 aromatic heterocycles. The molecule has 0 aliphatic rings. The predicted octanol–water partition coefficient (Wildman–Crippen LogP) is 12.7. The Balaban J connectivity index is 1.14. The number of para-hydroxylation sites is 1. The molecule has 0 bridgehead atoms. The zero-order valence-corrected chi connectivity index (χ0v) is 39.3. The number of aromatic nitrogens is 4. The Morgan fingerprint density at radius 1 is 0.265 bits per heavy atom. The average molecular weight is 930 g/mol. The Morgan fingerprint density at radius 3 is 1.25 bits per heavy atom. The second-order valence-corrected chi connectivity index (χ2v) is 25.1. The van der Waals surface area contributed by atoms with E-state index >= 15 is 0 Å². The quantitative estimate of drug-likeness (QED) is 0.128. The second-order valence-electron chi connectivity index (χ2n) is 17.1. The summed E-state index contributed by atoms with van der Waals surface area (Å²) in [5.74, 6) is 1.83. The first kappa shape index (κ1) is 41.0. The molecular formula is C63H44GeN4. The van der Waals surface area contributed by atoms with Gasteiger partial charge in [-0.05, 0) is 0 Å². The van der Waals surface area contributed by atoms with Gasteiger partial charge in [0.1, 0.15) is 0 Å². The molecule has 5 heteroatoms. The first-order chi connectivity index (χ1) is 33.7. The van der Waals surface area contributed by atoms with Crippen LogP contribution in [0.1, 0.15) is 0 Å². The maximum Gasteiger partial charge on any atom is -0.0544 e.